The van der Waals surface area contributed by atoms with Gasteiger partial charge in [-0.25, -0.2) is 18.2 Å². The highest BCUT2D eigenvalue weighted by molar-refractivity contribution is 7.89. The summed E-state index contributed by atoms with van der Waals surface area (Å²) < 4.78 is 24.9. The molecule has 0 radical (unpaired) electrons. The number of aryl methyl sites for hydroxylation is 1. The molecule has 154 valence electrons. The van der Waals surface area contributed by atoms with Crippen LogP contribution in [0.25, 0.3) is 5.70 Å². The van der Waals surface area contributed by atoms with E-state index in [1.54, 1.807) is 44.2 Å². The van der Waals surface area contributed by atoms with Crippen LogP contribution >= 0.6 is 0 Å². The smallest absolute Gasteiger partial charge is 0.299 e. The zero-order chi connectivity index (χ0) is 21.3. The van der Waals surface area contributed by atoms with Crippen LogP contribution in [0.1, 0.15) is 19.5 Å². The van der Waals surface area contributed by atoms with Crippen molar-refractivity contribution in [3.05, 3.63) is 58.5 Å². The maximum absolute atomic E-state index is 12.8. The number of sulfonamides is 1. The molecule has 0 spiro atoms. The molecule has 4 N–H and O–H groups in total. The van der Waals surface area contributed by atoms with Gasteiger partial charge < -0.3 is 5.11 Å². The Labute approximate surface area is 168 Å². The number of benzene rings is 1. The minimum absolute atomic E-state index is 0.0449. The number of phenolic OH excluding ortho intramolecular Hbond substituents is 1. The second-order valence-electron chi connectivity index (χ2n) is 7.10. The summed E-state index contributed by atoms with van der Waals surface area (Å²) in [6.45, 7) is 5.13. The number of aromatic nitrogens is 2. The fourth-order valence-electron chi connectivity index (χ4n) is 3.20. The van der Waals surface area contributed by atoms with Crippen molar-refractivity contribution < 1.29 is 13.5 Å². The molecule has 9 nitrogen and oxygen atoms in total. The number of hydrogen-bond donors (Lipinski definition) is 3. The summed E-state index contributed by atoms with van der Waals surface area (Å²) in [7, 11) is -3.73. The number of nitrogens with two attached hydrogens (primary N) is 1. The molecule has 1 heterocycles. The SMILES string of the molecule is Cc1[nH]n(C2=CC(C(C)S(N)(=O)=O)[C@H](C)C=C2)c(=O)c1N=Nc1ccccc1O. The molecule has 1 aromatic carbocycles. The number of hydrogen-bond acceptors (Lipinski definition) is 6. The third-order valence-electron chi connectivity index (χ3n) is 5.04. The van der Waals surface area contributed by atoms with Crippen molar-refractivity contribution in [2.45, 2.75) is 26.0 Å². The first kappa shape index (κ1) is 20.7. The van der Waals surface area contributed by atoms with Gasteiger partial charge in [-0.15, -0.1) is 10.2 Å². The van der Waals surface area contributed by atoms with Crippen LogP contribution < -0.4 is 10.7 Å². The number of para-hydroxylation sites is 1. The minimum Gasteiger partial charge on any atom is -0.506 e. The second kappa shape index (κ2) is 7.80. The van der Waals surface area contributed by atoms with E-state index in [9.17, 15) is 18.3 Å². The predicted octanol–water partition coefficient (Wildman–Crippen LogP) is 2.95. The molecule has 0 fully saturated rings. The van der Waals surface area contributed by atoms with Gasteiger partial charge in [-0.1, -0.05) is 31.2 Å². The summed E-state index contributed by atoms with van der Waals surface area (Å²) in [6.07, 6.45) is 5.31. The van der Waals surface area contributed by atoms with E-state index in [1.807, 2.05) is 13.0 Å². The van der Waals surface area contributed by atoms with Crippen molar-refractivity contribution in [3.63, 3.8) is 0 Å². The molecule has 0 bridgehead atoms. The van der Waals surface area contributed by atoms with E-state index in [2.05, 4.69) is 15.3 Å². The number of rotatable bonds is 5. The maximum Gasteiger partial charge on any atom is 0.299 e. The van der Waals surface area contributed by atoms with Crippen molar-refractivity contribution in [3.8, 4) is 5.75 Å². The summed E-state index contributed by atoms with van der Waals surface area (Å²) in [6, 6.07) is 6.40. The van der Waals surface area contributed by atoms with Gasteiger partial charge in [0, 0.05) is 5.92 Å². The number of aromatic amines is 1. The third-order valence-corrected chi connectivity index (χ3v) is 6.39. The molecule has 0 saturated heterocycles. The van der Waals surface area contributed by atoms with Crippen LogP contribution in [0.3, 0.4) is 0 Å². The van der Waals surface area contributed by atoms with Gasteiger partial charge in [-0.2, -0.15) is 0 Å². The molecular weight excluding hydrogens is 394 g/mol. The number of allylic oxidation sites excluding steroid dienone is 4. The highest BCUT2D eigenvalue weighted by Gasteiger charge is 2.31. The van der Waals surface area contributed by atoms with Gasteiger partial charge >= 0.3 is 0 Å². The van der Waals surface area contributed by atoms with E-state index >= 15 is 0 Å². The van der Waals surface area contributed by atoms with E-state index in [1.165, 1.54) is 10.7 Å². The van der Waals surface area contributed by atoms with Crippen LogP contribution in [0.2, 0.25) is 0 Å². The first-order valence-electron chi connectivity index (χ1n) is 9.03. The zero-order valence-electron chi connectivity index (χ0n) is 16.3. The van der Waals surface area contributed by atoms with Crippen molar-refractivity contribution >= 4 is 27.1 Å². The lowest BCUT2D eigenvalue weighted by atomic mass is 9.86. The molecule has 0 amide bonds. The summed E-state index contributed by atoms with van der Waals surface area (Å²) >= 11 is 0. The molecule has 1 aliphatic carbocycles. The van der Waals surface area contributed by atoms with Gasteiger partial charge in [0.1, 0.15) is 11.4 Å². The number of nitrogens with zero attached hydrogens (tertiary/aromatic N) is 3. The van der Waals surface area contributed by atoms with Crippen LogP contribution in [0.5, 0.6) is 5.75 Å². The van der Waals surface area contributed by atoms with Crippen LogP contribution in [-0.2, 0) is 10.0 Å². The summed E-state index contributed by atoms with van der Waals surface area (Å²) in [5, 5.41) is 25.2. The summed E-state index contributed by atoms with van der Waals surface area (Å²) in [4.78, 5) is 12.8. The van der Waals surface area contributed by atoms with E-state index in [0.717, 1.165) is 0 Å². The first-order chi connectivity index (χ1) is 13.6. The Bertz CT molecular complexity index is 1170. The van der Waals surface area contributed by atoms with Crippen molar-refractivity contribution in [1.29, 1.82) is 0 Å². The fourth-order valence-corrected chi connectivity index (χ4v) is 3.97. The molecule has 3 rings (SSSR count). The van der Waals surface area contributed by atoms with E-state index in [0.29, 0.717) is 11.4 Å². The Kier molecular flexibility index (Phi) is 5.58. The molecular formula is C19H23N5O4S. The van der Waals surface area contributed by atoms with Gasteiger partial charge in [-0.05, 0) is 38.0 Å². The van der Waals surface area contributed by atoms with E-state index in [-0.39, 0.29) is 29.0 Å². The molecule has 1 aromatic heterocycles. The lowest BCUT2D eigenvalue weighted by Gasteiger charge is -2.27. The Morgan fingerprint density at radius 1 is 1.28 bits per heavy atom. The van der Waals surface area contributed by atoms with Gasteiger partial charge in [0.05, 0.1) is 16.6 Å². The first-order valence-corrected chi connectivity index (χ1v) is 10.6. The third kappa shape index (κ3) is 4.22. The predicted molar refractivity (Wildman–Crippen MR) is 111 cm³/mol. The van der Waals surface area contributed by atoms with Crippen LogP contribution in [0.4, 0.5) is 11.4 Å². The number of phenols is 1. The number of azo groups is 1. The summed E-state index contributed by atoms with van der Waals surface area (Å²) in [5.41, 5.74) is 0.886. The van der Waals surface area contributed by atoms with Gasteiger partial charge in [-0.3, -0.25) is 9.89 Å². The topological polar surface area (TPSA) is 143 Å². The van der Waals surface area contributed by atoms with E-state index in [4.69, 9.17) is 5.14 Å². The highest BCUT2D eigenvalue weighted by Crippen LogP contribution is 2.30. The molecule has 0 saturated carbocycles. The monoisotopic (exact) mass is 417 g/mol. The number of aromatic hydroxyl groups is 1. The zero-order valence-corrected chi connectivity index (χ0v) is 17.1. The molecule has 29 heavy (non-hydrogen) atoms. The normalized spacial score (nSPS) is 20.8. The van der Waals surface area contributed by atoms with E-state index < -0.39 is 20.8 Å². The van der Waals surface area contributed by atoms with Crippen LogP contribution in [-0.4, -0.2) is 28.6 Å². The summed E-state index contributed by atoms with van der Waals surface area (Å²) in [5.74, 6) is -0.484. The van der Waals surface area contributed by atoms with Crippen LogP contribution in [0, 0.1) is 18.8 Å². The number of H-pyrrole nitrogens is 1. The Hall–Kier alpha value is -2.98. The number of nitrogens with one attached hydrogen (secondary N) is 1. The molecule has 3 atom stereocenters. The average molecular weight is 417 g/mol. The average Bonchev–Trinajstić information content (AvgIpc) is 2.94. The Morgan fingerprint density at radius 2 is 1.97 bits per heavy atom. The lowest BCUT2D eigenvalue weighted by molar-refractivity contribution is 0.475. The highest BCUT2D eigenvalue weighted by atomic mass is 32.2. The second-order valence-corrected chi connectivity index (χ2v) is 9.02. The fraction of sp³-hybridized carbons (Fsp3) is 0.316. The minimum atomic E-state index is -3.73. The van der Waals surface area contributed by atoms with Crippen molar-refractivity contribution in [2.75, 3.05) is 0 Å². The maximum atomic E-state index is 12.8. The Morgan fingerprint density at radius 3 is 2.62 bits per heavy atom. The lowest BCUT2D eigenvalue weighted by Crippen LogP contribution is -2.35. The molecule has 0 aliphatic heterocycles. The quantitative estimate of drug-likeness (QED) is 0.643. The molecule has 2 unspecified atom stereocenters. The van der Waals surface area contributed by atoms with Gasteiger partial charge in [0.2, 0.25) is 10.0 Å². The standard InChI is InChI=1S/C19H23N5O4S/c1-11-8-9-14(10-15(11)13(3)29(20,27)28)24-19(26)18(12(2)23-24)22-21-16-6-4-5-7-17(16)25/h4-11,13,15,23,25H,1-3H3,(H2,20,27,28)/t11-,13?,15?/m1/s1. The van der Waals surface area contributed by atoms with Gasteiger partial charge in [0.15, 0.2) is 5.69 Å². The van der Waals surface area contributed by atoms with Gasteiger partial charge in [0.25, 0.3) is 5.56 Å². The van der Waals surface area contributed by atoms with Crippen molar-refractivity contribution in [2.24, 2.45) is 27.2 Å². The Balaban J connectivity index is 1.98. The molecule has 10 heteroatoms. The molecule has 1 aliphatic rings. The molecule has 2 aromatic rings. The van der Waals surface area contributed by atoms with Crippen LogP contribution in [0.15, 0.2) is 57.5 Å². The number of primary sulfonamides is 1. The largest absolute Gasteiger partial charge is 0.506 e. The van der Waals surface area contributed by atoms with Crippen molar-refractivity contribution in [1.82, 2.24) is 9.78 Å².